The summed E-state index contributed by atoms with van der Waals surface area (Å²) < 4.78 is 19.0. The lowest BCUT2D eigenvalue weighted by Crippen LogP contribution is -2.32. The third-order valence-electron chi connectivity index (χ3n) is 4.83. The molecule has 0 fully saturated rings. The normalized spacial score (nSPS) is 11.1. The molecule has 0 bridgehead atoms. The zero-order valence-electron chi connectivity index (χ0n) is 15.9. The van der Waals surface area contributed by atoms with E-state index in [0.29, 0.717) is 23.3 Å². The predicted molar refractivity (Wildman–Crippen MR) is 107 cm³/mol. The van der Waals surface area contributed by atoms with Crippen molar-refractivity contribution in [1.82, 2.24) is 24.0 Å². The third kappa shape index (κ3) is 3.56. The first-order valence-electron chi connectivity index (χ1n) is 9.30. The Bertz CT molecular complexity index is 1220. The number of amides is 1. The van der Waals surface area contributed by atoms with E-state index in [0.717, 1.165) is 5.52 Å². The lowest BCUT2D eigenvalue weighted by Gasteiger charge is -2.09. The summed E-state index contributed by atoms with van der Waals surface area (Å²) in [7, 11) is 0. The number of carbonyl (C=O) groups excluding carboxylic acids is 1. The molecule has 1 amide bonds. The second kappa shape index (κ2) is 7.75. The number of aromatic nitrogens is 4. The van der Waals surface area contributed by atoms with Crippen LogP contribution in [0.15, 0.2) is 66.0 Å². The van der Waals surface area contributed by atoms with E-state index >= 15 is 0 Å². The molecule has 0 unspecified atom stereocenters. The van der Waals surface area contributed by atoms with Crippen LogP contribution in [0.4, 0.5) is 4.39 Å². The number of imidazole rings is 2. The molecule has 4 rings (SSSR count). The molecule has 8 heteroatoms. The van der Waals surface area contributed by atoms with Crippen LogP contribution in [-0.2, 0) is 24.4 Å². The van der Waals surface area contributed by atoms with Crippen molar-refractivity contribution in [2.24, 2.45) is 0 Å². The number of halogens is 1. The van der Waals surface area contributed by atoms with Gasteiger partial charge in [-0.25, -0.2) is 14.2 Å². The maximum atomic E-state index is 14.3. The first-order chi connectivity index (χ1) is 14.1. The van der Waals surface area contributed by atoms with Crippen LogP contribution in [0.25, 0.3) is 16.7 Å². The minimum Gasteiger partial charge on any atom is -0.350 e. The largest absolute Gasteiger partial charge is 0.350 e. The summed E-state index contributed by atoms with van der Waals surface area (Å²) in [4.78, 5) is 29.0. The van der Waals surface area contributed by atoms with Gasteiger partial charge in [-0.2, -0.15) is 0 Å². The number of nitrogens with zero attached hydrogens (tertiary/aromatic N) is 4. The van der Waals surface area contributed by atoms with Crippen molar-refractivity contribution in [3.63, 3.8) is 0 Å². The lowest BCUT2D eigenvalue weighted by molar-refractivity contribution is -0.121. The first-order valence-corrected chi connectivity index (χ1v) is 9.30. The van der Waals surface area contributed by atoms with Crippen LogP contribution in [0, 0.1) is 5.82 Å². The Hall–Kier alpha value is -3.68. The van der Waals surface area contributed by atoms with Gasteiger partial charge in [-0.1, -0.05) is 18.2 Å². The van der Waals surface area contributed by atoms with E-state index in [4.69, 9.17) is 0 Å². The molecule has 0 atom stereocenters. The highest BCUT2D eigenvalue weighted by Gasteiger charge is 2.14. The maximum absolute atomic E-state index is 14.3. The zero-order valence-corrected chi connectivity index (χ0v) is 15.9. The van der Waals surface area contributed by atoms with Gasteiger partial charge in [-0.05, 0) is 36.8 Å². The highest BCUT2D eigenvalue weighted by molar-refractivity contribution is 5.80. The van der Waals surface area contributed by atoms with Gasteiger partial charge in [0.15, 0.2) is 0 Å². The van der Waals surface area contributed by atoms with Crippen LogP contribution in [-0.4, -0.2) is 24.6 Å². The van der Waals surface area contributed by atoms with E-state index in [-0.39, 0.29) is 24.7 Å². The van der Waals surface area contributed by atoms with Gasteiger partial charge >= 0.3 is 5.69 Å². The van der Waals surface area contributed by atoms with Gasteiger partial charge in [0.25, 0.3) is 0 Å². The van der Waals surface area contributed by atoms with Gasteiger partial charge in [0.1, 0.15) is 12.4 Å². The lowest BCUT2D eigenvalue weighted by atomic mass is 10.2. The molecule has 0 spiro atoms. The standard InChI is InChI=1S/C21H20FN5O2/c1-2-26-18-5-3-4-6-19(18)27(21(26)29)13-20(28)24-12-15-7-8-17(16(22)11-15)25-10-9-23-14-25/h3-11,14H,2,12-13H2,1H3,(H,24,28). The molecule has 2 aromatic carbocycles. The van der Waals surface area contributed by atoms with E-state index in [1.165, 1.54) is 17.0 Å². The van der Waals surface area contributed by atoms with Gasteiger partial charge in [0.2, 0.25) is 5.91 Å². The van der Waals surface area contributed by atoms with Crippen molar-refractivity contribution >= 4 is 16.9 Å². The molecular weight excluding hydrogens is 373 g/mol. The summed E-state index contributed by atoms with van der Waals surface area (Å²) in [6.07, 6.45) is 4.75. The zero-order chi connectivity index (χ0) is 20.4. The van der Waals surface area contributed by atoms with Gasteiger partial charge in [-0.3, -0.25) is 13.9 Å². The van der Waals surface area contributed by atoms with E-state index in [1.807, 2.05) is 31.2 Å². The van der Waals surface area contributed by atoms with Gasteiger partial charge in [0, 0.05) is 25.5 Å². The quantitative estimate of drug-likeness (QED) is 0.547. The van der Waals surface area contributed by atoms with Crippen LogP contribution in [0.2, 0.25) is 0 Å². The predicted octanol–water partition coefficient (Wildman–Crippen LogP) is 2.46. The number of rotatable bonds is 6. The second-order valence-electron chi connectivity index (χ2n) is 6.63. The average Bonchev–Trinajstić information content (AvgIpc) is 3.34. The Morgan fingerprint density at radius 1 is 1.14 bits per heavy atom. The van der Waals surface area contributed by atoms with E-state index < -0.39 is 5.82 Å². The molecule has 0 saturated carbocycles. The Labute approximate surface area is 166 Å². The topological polar surface area (TPSA) is 73.8 Å². The van der Waals surface area contributed by atoms with Crippen molar-refractivity contribution in [2.45, 2.75) is 26.6 Å². The molecule has 2 aromatic heterocycles. The number of para-hydroxylation sites is 2. The SMILES string of the molecule is CCn1c(=O)n(CC(=O)NCc2ccc(-n3ccnc3)c(F)c2)c2ccccc21. The molecule has 2 heterocycles. The monoisotopic (exact) mass is 393 g/mol. The van der Waals surface area contributed by atoms with E-state index in [9.17, 15) is 14.0 Å². The third-order valence-corrected chi connectivity index (χ3v) is 4.83. The number of aryl methyl sites for hydroxylation is 1. The number of hydrogen-bond acceptors (Lipinski definition) is 3. The van der Waals surface area contributed by atoms with Gasteiger partial charge in [-0.15, -0.1) is 0 Å². The van der Waals surface area contributed by atoms with Crippen molar-refractivity contribution in [2.75, 3.05) is 0 Å². The minimum absolute atomic E-state index is 0.0953. The van der Waals surface area contributed by atoms with Crippen molar-refractivity contribution in [3.8, 4) is 5.69 Å². The molecule has 4 aromatic rings. The molecule has 0 aliphatic rings. The molecule has 0 aliphatic heterocycles. The highest BCUT2D eigenvalue weighted by atomic mass is 19.1. The van der Waals surface area contributed by atoms with Crippen molar-refractivity contribution < 1.29 is 9.18 Å². The number of nitrogens with one attached hydrogen (secondary N) is 1. The van der Waals surface area contributed by atoms with Gasteiger partial charge < -0.3 is 9.88 Å². The molecule has 0 radical (unpaired) electrons. The Balaban J connectivity index is 1.48. The highest BCUT2D eigenvalue weighted by Crippen LogP contribution is 2.15. The van der Waals surface area contributed by atoms with Crippen molar-refractivity contribution in [3.05, 3.63) is 83.1 Å². The summed E-state index contributed by atoms with van der Waals surface area (Å²) in [5.41, 5.74) is 2.30. The Morgan fingerprint density at radius 2 is 1.90 bits per heavy atom. The van der Waals surface area contributed by atoms with Crippen LogP contribution < -0.4 is 11.0 Å². The minimum atomic E-state index is -0.406. The molecule has 0 saturated heterocycles. The Kier molecular flexibility index (Phi) is 4.99. The van der Waals surface area contributed by atoms with E-state index in [2.05, 4.69) is 10.3 Å². The van der Waals surface area contributed by atoms with Crippen LogP contribution >= 0.6 is 0 Å². The second-order valence-corrected chi connectivity index (χ2v) is 6.63. The molecule has 29 heavy (non-hydrogen) atoms. The fraction of sp³-hybridized carbons (Fsp3) is 0.190. The smallest absolute Gasteiger partial charge is 0.329 e. The number of benzene rings is 2. The van der Waals surface area contributed by atoms with Gasteiger partial charge in [0.05, 0.1) is 23.0 Å². The van der Waals surface area contributed by atoms with Crippen LogP contribution in [0.1, 0.15) is 12.5 Å². The van der Waals surface area contributed by atoms with Crippen molar-refractivity contribution in [1.29, 1.82) is 0 Å². The van der Waals surface area contributed by atoms with E-state index in [1.54, 1.807) is 33.7 Å². The number of carbonyl (C=O) groups is 1. The average molecular weight is 393 g/mol. The van der Waals surface area contributed by atoms with Crippen LogP contribution in [0.5, 0.6) is 0 Å². The van der Waals surface area contributed by atoms with Crippen LogP contribution in [0.3, 0.4) is 0 Å². The number of fused-ring (bicyclic) bond motifs is 1. The summed E-state index contributed by atoms with van der Waals surface area (Å²) >= 11 is 0. The molecule has 0 aliphatic carbocycles. The summed E-state index contributed by atoms with van der Waals surface area (Å²) in [6.45, 7) is 2.49. The summed E-state index contributed by atoms with van der Waals surface area (Å²) in [5.74, 6) is -0.720. The fourth-order valence-corrected chi connectivity index (χ4v) is 3.40. The molecule has 1 N–H and O–H groups in total. The summed E-state index contributed by atoms with van der Waals surface area (Å²) in [6, 6.07) is 12.1. The molecular formula is C21H20FN5O2. The molecule has 148 valence electrons. The first kappa shape index (κ1) is 18.7. The summed E-state index contributed by atoms with van der Waals surface area (Å²) in [5, 5.41) is 2.75. The molecule has 7 nitrogen and oxygen atoms in total. The fourth-order valence-electron chi connectivity index (χ4n) is 3.40. The number of hydrogen-bond donors (Lipinski definition) is 1. The maximum Gasteiger partial charge on any atom is 0.329 e. The Morgan fingerprint density at radius 3 is 2.55 bits per heavy atom.